The number of piperazine rings is 1. The average molecular weight is 315 g/mol. The van der Waals surface area contributed by atoms with Gasteiger partial charge in [-0.3, -0.25) is 4.79 Å². The largest absolute Gasteiger partial charge is 0.331 e. The highest BCUT2D eigenvalue weighted by atomic mass is 79.9. The SMILES string of the molecule is CC1CNCC(C)N1C(=O)c1cccc(F)c1Br. The van der Waals surface area contributed by atoms with Crippen LogP contribution in [0.5, 0.6) is 0 Å². The van der Waals surface area contributed by atoms with Gasteiger partial charge in [-0.1, -0.05) is 6.07 Å². The lowest BCUT2D eigenvalue weighted by atomic mass is 10.1. The fourth-order valence-corrected chi connectivity index (χ4v) is 2.77. The Labute approximate surface area is 114 Å². The van der Waals surface area contributed by atoms with E-state index >= 15 is 0 Å². The fourth-order valence-electron chi connectivity index (χ4n) is 2.34. The molecule has 0 aromatic heterocycles. The summed E-state index contributed by atoms with van der Waals surface area (Å²) in [5.41, 5.74) is 0.385. The summed E-state index contributed by atoms with van der Waals surface area (Å²) in [6.07, 6.45) is 0. The maximum absolute atomic E-state index is 13.5. The quantitative estimate of drug-likeness (QED) is 0.863. The van der Waals surface area contributed by atoms with Crippen molar-refractivity contribution in [3.05, 3.63) is 34.1 Å². The number of hydrogen-bond acceptors (Lipinski definition) is 2. The standard InChI is InChI=1S/C13H16BrFN2O/c1-8-6-16-7-9(2)17(8)13(18)10-4-3-5-11(15)12(10)14/h3-5,8-9,16H,6-7H2,1-2H3. The summed E-state index contributed by atoms with van der Waals surface area (Å²) < 4.78 is 13.7. The van der Waals surface area contributed by atoms with Gasteiger partial charge in [0.25, 0.3) is 5.91 Å². The van der Waals surface area contributed by atoms with Crippen molar-refractivity contribution < 1.29 is 9.18 Å². The van der Waals surface area contributed by atoms with Gasteiger partial charge >= 0.3 is 0 Å². The number of nitrogens with one attached hydrogen (secondary N) is 1. The number of nitrogens with zero attached hydrogens (tertiary/aromatic N) is 1. The Morgan fingerprint density at radius 1 is 1.39 bits per heavy atom. The predicted molar refractivity (Wildman–Crippen MR) is 72.1 cm³/mol. The first-order valence-corrected chi connectivity index (χ1v) is 6.79. The molecule has 0 bridgehead atoms. The molecule has 1 aliphatic rings. The van der Waals surface area contributed by atoms with E-state index < -0.39 is 5.82 Å². The molecule has 0 saturated carbocycles. The Balaban J connectivity index is 2.32. The van der Waals surface area contributed by atoms with Crippen LogP contribution in [0.4, 0.5) is 4.39 Å². The number of rotatable bonds is 1. The lowest BCUT2D eigenvalue weighted by Crippen LogP contribution is -2.57. The maximum atomic E-state index is 13.5. The van der Waals surface area contributed by atoms with Gasteiger partial charge in [0.1, 0.15) is 5.82 Å². The van der Waals surface area contributed by atoms with Crippen molar-refractivity contribution in [1.82, 2.24) is 10.2 Å². The molecule has 2 rings (SSSR count). The Morgan fingerprint density at radius 3 is 2.61 bits per heavy atom. The van der Waals surface area contributed by atoms with Crippen LogP contribution < -0.4 is 5.32 Å². The van der Waals surface area contributed by atoms with Crippen molar-refractivity contribution >= 4 is 21.8 Å². The topological polar surface area (TPSA) is 32.3 Å². The Morgan fingerprint density at radius 2 is 2.00 bits per heavy atom. The molecule has 98 valence electrons. The van der Waals surface area contributed by atoms with Crippen LogP contribution in [0.25, 0.3) is 0 Å². The number of benzene rings is 1. The van der Waals surface area contributed by atoms with Crippen LogP contribution in [0.2, 0.25) is 0 Å². The summed E-state index contributed by atoms with van der Waals surface area (Å²) in [6, 6.07) is 4.76. The minimum Gasteiger partial charge on any atom is -0.331 e. The molecule has 1 amide bonds. The molecule has 1 aromatic carbocycles. The number of halogens is 2. The molecular formula is C13H16BrFN2O. The summed E-state index contributed by atoms with van der Waals surface area (Å²) in [4.78, 5) is 14.3. The summed E-state index contributed by atoms with van der Waals surface area (Å²) in [5.74, 6) is -0.529. The molecule has 0 aliphatic carbocycles. The zero-order chi connectivity index (χ0) is 13.3. The molecule has 5 heteroatoms. The third kappa shape index (κ3) is 2.42. The highest BCUT2D eigenvalue weighted by Gasteiger charge is 2.30. The number of carbonyl (C=O) groups excluding carboxylic acids is 1. The van der Waals surface area contributed by atoms with E-state index in [4.69, 9.17) is 0 Å². The molecule has 1 N–H and O–H groups in total. The van der Waals surface area contributed by atoms with Crippen LogP contribution >= 0.6 is 15.9 Å². The van der Waals surface area contributed by atoms with E-state index in [-0.39, 0.29) is 22.5 Å². The smallest absolute Gasteiger partial charge is 0.255 e. The Bertz CT molecular complexity index is 456. The minimum absolute atomic E-state index is 0.108. The second-order valence-electron chi connectivity index (χ2n) is 4.67. The van der Waals surface area contributed by atoms with Crippen LogP contribution in [-0.4, -0.2) is 36.0 Å². The van der Waals surface area contributed by atoms with Gasteiger partial charge in [-0.2, -0.15) is 0 Å². The molecule has 1 heterocycles. The highest BCUT2D eigenvalue weighted by Crippen LogP contribution is 2.24. The molecule has 2 unspecified atom stereocenters. The first kappa shape index (κ1) is 13.5. The van der Waals surface area contributed by atoms with Crippen LogP contribution in [0.15, 0.2) is 22.7 Å². The molecule has 18 heavy (non-hydrogen) atoms. The lowest BCUT2D eigenvalue weighted by molar-refractivity contribution is 0.0543. The number of amides is 1. The molecule has 1 aliphatic heterocycles. The van der Waals surface area contributed by atoms with E-state index in [0.29, 0.717) is 5.56 Å². The van der Waals surface area contributed by atoms with Gasteiger partial charge in [0.05, 0.1) is 10.0 Å². The fraction of sp³-hybridized carbons (Fsp3) is 0.462. The summed E-state index contributed by atoms with van der Waals surface area (Å²) >= 11 is 3.15. The van der Waals surface area contributed by atoms with Crippen LogP contribution in [0, 0.1) is 5.82 Å². The molecule has 0 radical (unpaired) electrons. The van der Waals surface area contributed by atoms with Gasteiger partial charge in [-0.25, -0.2) is 4.39 Å². The van der Waals surface area contributed by atoms with E-state index in [2.05, 4.69) is 21.2 Å². The third-order valence-electron chi connectivity index (χ3n) is 3.25. The summed E-state index contributed by atoms with van der Waals surface area (Å²) in [7, 11) is 0. The molecule has 0 spiro atoms. The van der Waals surface area contributed by atoms with Crippen LogP contribution in [0.3, 0.4) is 0 Å². The molecule has 1 aromatic rings. The van der Waals surface area contributed by atoms with Crippen molar-refractivity contribution in [2.45, 2.75) is 25.9 Å². The van der Waals surface area contributed by atoms with Gasteiger partial charge in [0, 0.05) is 25.2 Å². The van der Waals surface area contributed by atoms with Crippen molar-refractivity contribution in [2.75, 3.05) is 13.1 Å². The molecular weight excluding hydrogens is 299 g/mol. The van der Waals surface area contributed by atoms with Gasteiger partial charge in [-0.05, 0) is 41.9 Å². The molecule has 2 atom stereocenters. The normalized spacial score (nSPS) is 24.1. The second kappa shape index (κ2) is 5.36. The lowest BCUT2D eigenvalue weighted by Gasteiger charge is -2.39. The van der Waals surface area contributed by atoms with E-state index in [1.54, 1.807) is 12.1 Å². The minimum atomic E-state index is -0.406. The van der Waals surface area contributed by atoms with Crippen LogP contribution in [0.1, 0.15) is 24.2 Å². The van der Waals surface area contributed by atoms with Crippen molar-refractivity contribution in [1.29, 1.82) is 0 Å². The van der Waals surface area contributed by atoms with E-state index in [1.807, 2.05) is 18.7 Å². The molecule has 1 fully saturated rings. The molecule has 3 nitrogen and oxygen atoms in total. The third-order valence-corrected chi connectivity index (χ3v) is 4.05. The Hall–Kier alpha value is -0.940. The number of carbonyl (C=O) groups is 1. The maximum Gasteiger partial charge on any atom is 0.255 e. The van der Waals surface area contributed by atoms with E-state index in [0.717, 1.165) is 13.1 Å². The number of hydrogen-bond donors (Lipinski definition) is 1. The zero-order valence-electron chi connectivity index (χ0n) is 10.4. The highest BCUT2D eigenvalue weighted by molar-refractivity contribution is 9.10. The van der Waals surface area contributed by atoms with E-state index in [9.17, 15) is 9.18 Å². The van der Waals surface area contributed by atoms with Crippen molar-refractivity contribution in [3.63, 3.8) is 0 Å². The van der Waals surface area contributed by atoms with Gasteiger partial charge in [0.2, 0.25) is 0 Å². The average Bonchev–Trinajstić information content (AvgIpc) is 2.32. The molecule has 1 saturated heterocycles. The first-order valence-electron chi connectivity index (χ1n) is 5.99. The van der Waals surface area contributed by atoms with Crippen molar-refractivity contribution in [2.24, 2.45) is 0 Å². The van der Waals surface area contributed by atoms with Gasteiger partial charge in [-0.15, -0.1) is 0 Å². The van der Waals surface area contributed by atoms with Gasteiger partial charge < -0.3 is 10.2 Å². The second-order valence-corrected chi connectivity index (χ2v) is 5.46. The summed E-state index contributed by atoms with van der Waals surface area (Å²) in [5, 5.41) is 3.27. The monoisotopic (exact) mass is 314 g/mol. The van der Waals surface area contributed by atoms with Crippen LogP contribution in [-0.2, 0) is 0 Å². The van der Waals surface area contributed by atoms with Crippen molar-refractivity contribution in [3.8, 4) is 0 Å². The Kier molecular flexibility index (Phi) is 4.02. The zero-order valence-corrected chi connectivity index (χ0v) is 12.0. The van der Waals surface area contributed by atoms with Gasteiger partial charge in [0.15, 0.2) is 0 Å². The summed E-state index contributed by atoms with van der Waals surface area (Å²) in [6.45, 7) is 5.52. The predicted octanol–water partition coefficient (Wildman–Crippen LogP) is 2.41. The van der Waals surface area contributed by atoms with E-state index in [1.165, 1.54) is 6.07 Å². The first-order chi connectivity index (χ1) is 8.52.